The zero-order chi connectivity index (χ0) is 13.7. The van der Waals surface area contributed by atoms with Crippen molar-refractivity contribution in [3.8, 4) is 0 Å². The second-order valence-electron chi connectivity index (χ2n) is 4.85. The van der Waals surface area contributed by atoms with E-state index in [1.165, 1.54) is 5.56 Å². The Balaban J connectivity index is 1.94. The van der Waals surface area contributed by atoms with Crippen LogP contribution >= 0.6 is 0 Å². The minimum absolute atomic E-state index is 0.0715. The van der Waals surface area contributed by atoms with E-state index in [4.69, 9.17) is 0 Å². The average molecular weight is 260 g/mol. The highest BCUT2D eigenvalue weighted by Gasteiger charge is 2.16. The van der Waals surface area contributed by atoms with Crippen LogP contribution in [0.5, 0.6) is 0 Å². The summed E-state index contributed by atoms with van der Waals surface area (Å²) in [7, 11) is 0. The lowest BCUT2D eigenvalue weighted by Gasteiger charge is -2.17. The molecule has 1 fully saturated rings. The number of amides is 1. The van der Waals surface area contributed by atoms with Crippen LogP contribution < -0.4 is 5.32 Å². The van der Waals surface area contributed by atoms with Crippen molar-refractivity contribution in [2.24, 2.45) is 0 Å². The summed E-state index contributed by atoms with van der Waals surface area (Å²) in [6, 6.07) is 7.78. The lowest BCUT2D eigenvalue weighted by Crippen LogP contribution is -2.33. The van der Waals surface area contributed by atoms with E-state index < -0.39 is 0 Å². The average Bonchev–Trinajstić information content (AvgIpc) is 2.64. The standard InChI is InChI=1S/C15H20N2O2/c1-2-12-3-5-13(6-4-12)14(18)11-17-9-7-15(19)16-8-10-17/h3-6H,2,7-11H2,1H3,(H,16,19). The van der Waals surface area contributed by atoms with Crippen LogP contribution in [-0.4, -0.2) is 42.8 Å². The van der Waals surface area contributed by atoms with E-state index in [0.29, 0.717) is 26.1 Å². The smallest absolute Gasteiger partial charge is 0.221 e. The van der Waals surface area contributed by atoms with Gasteiger partial charge in [0.15, 0.2) is 5.78 Å². The van der Waals surface area contributed by atoms with Gasteiger partial charge < -0.3 is 5.32 Å². The molecule has 19 heavy (non-hydrogen) atoms. The van der Waals surface area contributed by atoms with Gasteiger partial charge in [-0.05, 0) is 12.0 Å². The second kappa shape index (κ2) is 6.48. The summed E-state index contributed by atoms with van der Waals surface area (Å²) in [6.07, 6.45) is 1.45. The summed E-state index contributed by atoms with van der Waals surface area (Å²) >= 11 is 0. The number of carbonyl (C=O) groups is 2. The topological polar surface area (TPSA) is 49.4 Å². The van der Waals surface area contributed by atoms with Crippen LogP contribution in [0.2, 0.25) is 0 Å². The van der Waals surface area contributed by atoms with Gasteiger partial charge in [0.05, 0.1) is 6.54 Å². The molecule has 1 saturated heterocycles. The van der Waals surface area contributed by atoms with Crippen LogP contribution in [0.4, 0.5) is 0 Å². The van der Waals surface area contributed by atoms with Crippen LogP contribution in [0.15, 0.2) is 24.3 Å². The van der Waals surface area contributed by atoms with Crippen LogP contribution in [0, 0.1) is 0 Å². The fourth-order valence-electron chi connectivity index (χ4n) is 2.19. The first-order valence-corrected chi connectivity index (χ1v) is 6.80. The van der Waals surface area contributed by atoms with E-state index in [-0.39, 0.29) is 11.7 Å². The van der Waals surface area contributed by atoms with Crippen LogP contribution in [-0.2, 0) is 11.2 Å². The maximum Gasteiger partial charge on any atom is 0.221 e. The minimum atomic E-state index is 0.0715. The molecule has 4 heteroatoms. The molecule has 102 valence electrons. The van der Waals surface area contributed by atoms with E-state index >= 15 is 0 Å². The molecule has 2 rings (SSSR count). The predicted molar refractivity (Wildman–Crippen MR) is 74.2 cm³/mol. The zero-order valence-electron chi connectivity index (χ0n) is 11.3. The van der Waals surface area contributed by atoms with Gasteiger partial charge in [-0.25, -0.2) is 0 Å². The fraction of sp³-hybridized carbons (Fsp3) is 0.467. The van der Waals surface area contributed by atoms with Gasteiger partial charge in [0.1, 0.15) is 0 Å². The Morgan fingerprint density at radius 3 is 2.68 bits per heavy atom. The van der Waals surface area contributed by atoms with Crippen molar-refractivity contribution >= 4 is 11.7 Å². The lowest BCUT2D eigenvalue weighted by atomic mass is 10.1. The van der Waals surface area contributed by atoms with Crippen LogP contribution in [0.3, 0.4) is 0 Å². The van der Waals surface area contributed by atoms with Crippen LogP contribution in [0.1, 0.15) is 29.3 Å². The molecular weight excluding hydrogens is 240 g/mol. The number of ketones is 1. The first kappa shape index (κ1) is 13.7. The van der Waals surface area contributed by atoms with Gasteiger partial charge in [0, 0.05) is 31.6 Å². The number of hydrogen-bond acceptors (Lipinski definition) is 3. The van der Waals surface area contributed by atoms with Gasteiger partial charge in [-0.15, -0.1) is 0 Å². The number of carbonyl (C=O) groups excluding carboxylic acids is 2. The number of nitrogens with zero attached hydrogens (tertiary/aromatic N) is 1. The molecule has 0 atom stereocenters. The number of aryl methyl sites for hydroxylation is 1. The van der Waals surface area contributed by atoms with Crippen molar-refractivity contribution in [2.75, 3.05) is 26.2 Å². The Labute approximate surface area is 113 Å². The van der Waals surface area contributed by atoms with Gasteiger partial charge in [0.25, 0.3) is 0 Å². The summed E-state index contributed by atoms with van der Waals surface area (Å²) in [4.78, 5) is 25.4. The van der Waals surface area contributed by atoms with E-state index in [9.17, 15) is 9.59 Å². The molecule has 0 spiro atoms. The number of rotatable bonds is 4. The Morgan fingerprint density at radius 2 is 2.00 bits per heavy atom. The molecule has 1 amide bonds. The molecule has 1 aliphatic rings. The maximum atomic E-state index is 12.2. The van der Waals surface area contributed by atoms with Gasteiger partial charge in [-0.1, -0.05) is 31.2 Å². The third kappa shape index (κ3) is 3.89. The van der Waals surface area contributed by atoms with Crippen molar-refractivity contribution in [1.29, 1.82) is 0 Å². The largest absolute Gasteiger partial charge is 0.355 e. The zero-order valence-corrected chi connectivity index (χ0v) is 11.3. The maximum absolute atomic E-state index is 12.2. The molecule has 0 bridgehead atoms. The van der Waals surface area contributed by atoms with Gasteiger partial charge in [0.2, 0.25) is 5.91 Å². The van der Waals surface area contributed by atoms with Gasteiger partial charge >= 0.3 is 0 Å². The highest BCUT2D eigenvalue weighted by Crippen LogP contribution is 2.07. The Morgan fingerprint density at radius 1 is 1.26 bits per heavy atom. The van der Waals surface area contributed by atoms with Crippen molar-refractivity contribution < 1.29 is 9.59 Å². The van der Waals surface area contributed by atoms with E-state index in [2.05, 4.69) is 12.2 Å². The van der Waals surface area contributed by atoms with Crippen molar-refractivity contribution in [1.82, 2.24) is 10.2 Å². The molecule has 0 unspecified atom stereocenters. The summed E-state index contributed by atoms with van der Waals surface area (Å²) in [5.41, 5.74) is 1.99. The molecule has 1 heterocycles. The molecule has 1 N–H and O–H groups in total. The normalized spacial score (nSPS) is 16.8. The SMILES string of the molecule is CCc1ccc(C(=O)CN2CCNC(=O)CC2)cc1. The molecule has 1 aromatic carbocycles. The minimum Gasteiger partial charge on any atom is -0.355 e. The highest BCUT2D eigenvalue weighted by atomic mass is 16.1. The highest BCUT2D eigenvalue weighted by molar-refractivity contribution is 5.97. The number of Topliss-reactive ketones (excluding diaryl/α,β-unsaturated/α-hetero) is 1. The van der Waals surface area contributed by atoms with Crippen molar-refractivity contribution in [2.45, 2.75) is 19.8 Å². The molecule has 0 radical (unpaired) electrons. The first-order chi connectivity index (χ1) is 9.19. The summed E-state index contributed by atoms with van der Waals surface area (Å²) in [6.45, 7) is 4.51. The Bertz CT molecular complexity index is 454. The summed E-state index contributed by atoms with van der Waals surface area (Å²) in [5, 5.41) is 2.81. The quantitative estimate of drug-likeness (QED) is 0.829. The third-order valence-electron chi connectivity index (χ3n) is 3.46. The monoisotopic (exact) mass is 260 g/mol. The van der Waals surface area contributed by atoms with Crippen molar-refractivity contribution in [3.05, 3.63) is 35.4 Å². The van der Waals surface area contributed by atoms with E-state index in [0.717, 1.165) is 18.5 Å². The number of nitrogens with one attached hydrogen (secondary N) is 1. The molecule has 0 aliphatic carbocycles. The predicted octanol–water partition coefficient (Wildman–Crippen LogP) is 1.25. The molecule has 4 nitrogen and oxygen atoms in total. The second-order valence-corrected chi connectivity index (χ2v) is 4.85. The third-order valence-corrected chi connectivity index (χ3v) is 3.46. The van der Waals surface area contributed by atoms with Gasteiger partial charge in [-0.3, -0.25) is 14.5 Å². The molecule has 1 aliphatic heterocycles. The summed E-state index contributed by atoms with van der Waals surface area (Å²) < 4.78 is 0. The Kier molecular flexibility index (Phi) is 4.68. The first-order valence-electron chi connectivity index (χ1n) is 6.80. The van der Waals surface area contributed by atoms with Gasteiger partial charge in [-0.2, -0.15) is 0 Å². The van der Waals surface area contributed by atoms with Crippen molar-refractivity contribution in [3.63, 3.8) is 0 Å². The fourth-order valence-corrected chi connectivity index (χ4v) is 2.19. The molecule has 0 aromatic heterocycles. The van der Waals surface area contributed by atoms with E-state index in [1.807, 2.05) is 29.2 Å². The van der Waals surface area contributed by atoms with Crippen LogP contribution in [0.25, 0.3) is 0 Å². The van der Waals surface area contributed by atoms with E-state index in [1.54, 1.807) is 0 Å². The number of benzene rings is 1. The molecule has 0 saturated carbocycles. The summed E-state index contributed by atoms with van der Waals surface area (Å²) in [5.74, 6) is 0.194. The number of hydrogen-bond donors (Lipinski definition) is 1. The molecular formula is C15H20N2O2. The molecule has 1 aromatic rings. The Hall–Kier alpha value is -1.68. The lowest BCUT2D eigenvalue weighted by molar-refractivity contribution is -0.120.